The standard InChI is InChI=1S/C17H18F2N2O2S.ClH/c1-11-8-17(15(19)9-14(11)18)24(22,23)21-10-16-13-5-3-2-4-12(13)6-7-20-16;/h2-5,8-9,16,20-21H,6-7,10H2,1H3;1H. The van der Waals surface area contributed by atoms with Gasteiger partial charge in [-0.15, -0.1) is 12.4 Å². The third-order valence-corrected chi connectivity index (χ3v) is 5.63. The molecule has 1 aliphatic rings. The Morgan fingerprint density at radius 1 is 1.20 bits per heavy atom. The van der Waals surface area contributed by atoms with E-state index in [1.54, 1.807) is 0 Å². The molecule has 0 saturated carbocycles. The van der Waals surface area contributed by atoms with Crippen molar-refractivity contribution in [3.8, 4) is 0 Å². The topological polar surface area (TPSA) is 58.2 Å². The first kappa shape index (κ1) is 19.8. The summed E-state index contributed by atoms with van der Waals surface area (Å²) in [5, 5.41) is 3.25. The molecule has 0 fully saturated rings. The largest absolute Gasteiger partial charge is 0.308 e. The van der Waals surface area contributed by atoms with Gasteiger partial charge in [-0.2, -0.15) is 0 Å². The van der Waals surface area contributed by atoms with Gasteiger partial charge >= 0.3 is 0 Å². The molecule has 136 valence electrons. The molecule has 1 unspecified atom stereocenters. The van der Waals surface area contributed by atoms with Crippen LogP contribution in [0.5, 0.6) is 0 Å². The molecular weight excluding hydrogens is 370 g/mol. The number of benzene rings is 2. The Morgan fingerprint density at radius 2 is 1.92 bits per heavy atom. The highest BCUT2D eigenvalue weighted by molar-refractivity contribution is 7.89. The summed E-state index contributed by atoms with van der Waals surface area (Å²) in [5.41, 5.74) is 2.28. The molecule has 0 saturated heterocycles. The Bertz CT molecular complexity index is 875. The molecule has 1 atom stereocenters. The molecular formula is C17H19ClF2N2O2S. The van der Waals surface area contributed by atoms with Crippen molar-refractivity contribution in [3.63, 3.8) is 0 Å². The average Bonchev–Trinajstić information content (AvgIpc) is 2.56. The highest BCUT2D eigenvalue weighted by Gasteiger charge is 2.24. The normalized spacial score (nSPS) is 16.8. The van der Waals surface area contributed by atoms with Crippen molar-refractivity contribution in [1.29, 1.82) is 0 Å². The van der Waals surface area contributed by atoms with Crippen molar-refractivity contribution in [2.75, 3.05) is 13.1 Å². The van der Waals surface area contributed by atoms with Crippen molar-refractivity contribution >= 4 is 22.4 Å². The van der Waals surface area contributed by atoms with Crippen LogP contribution in [0.25, 0.3) is 0 Å². The maximum atomic E-state index is 13.9. The minimum absolute atomic E-state index is 0. The zero-order valence-electron chi connectivity index (χ0n) is 13.6. The summed E-state index contributed by atoms with van der Waals surface area (Å²) in [4.78, 5) is -0.537. The molecule has 1 heterocycles. The fourth-order valence-electron chi connectivity index (χ4n) is 2.88. The van der Waals surface area contributed by atoms with Gasteiger partial charge in [0.25, 0.3) is 0 Å². The third-order valence-electron chi connectivity index (χ3n) is 4.20. The number of halogens is 3. The van der Waals surface area contributed by atoms with Gasteiger partial charge in [0.1, 0.15) is 16.5 Å². The summed E-state index contributed by atoms with van der Waals surface area (Å²) in [5.74, 6) is -1.86. The van der Waals surface area contributed by atoms with Crippen LogP contribution >= 0.6 is 12.4 Å². The van der Waals surface area contributed by atoms with Crippen molar-refractivity contribution in [2.24, 2.45) is 0 Å². The molecule has 0 radical (unpaired) electrons. The summed E-state index contributed by atoms with van der Waals surface area (Å²) < 4.78 is 54.3. The van der Waals surface area contributed by atoms with Crippen molar-refractivity contribution in [2.45, 2.75) is 24.3 Å². The fourth-order valence-corrected chi connectivity index (χ4v) is 4.07. The van der Waals surface area contributed by atoms with Crippen LogP contribution in [0.1, 0.15) is 22.7 Å². The zero-order valence-corrected chi connectivity index (χ0v) is 15.2. The summed E-state index contributed by atoms with van der Waals surface area (Å²) in [6.07, 6.45) is 0.880. The van der Waals surface area contributed by atoms with Crippen LogP contribution in [0.4, 0.5) is 8.78 Å². The number of hydrogen-bond donors (Lipinski definition) is 2. The van der Waals surface area contributed by atoms with E-state index in [-0.39, 0.29) is 30.6 Å². The Morgan fingerprint density at radius 3 is 2.68 bits per heavy atom. The first-order chi connectivity index (χ1) is 11.4. The Balaban J connectivity index is 0.00000225. The van der Waals surface area contributed by atoms with Crippen LogP contribution < -0.4 is 10.0 Å². The van der Waals surface area contributed by atoms with Gasteiger partial charge in [-0.25, -0.2) is 21.9 Å². The number of fused-ring (bicyclic) bond motifs is 1. The summed E-state index contributed by atoms with van der Waals surface area (Å²) in [6.45, 7) is 2.23. The average molecular weight is 389 g/mol. The van der Waals surface area contributed by atoms with E-state index in [0.29, 0.717) is 6.07 Å². The van der Waals surface area contributed by atoms with Gasteiger partial charge in [-0.05, 0) is 42.6 Å². The van der Waals surface area contributed by atoms with E-state index in [4.69, 9.17) is 0 Å². The van der Waals surface area contributed by atoms with Crippen molar-refractivity contribution in [3.05, 3.63) is 64.7 Å². The Kier molecular flexibility index (Phi) is 6.16. The first-order valence-corrected chi connectivity index (χ1v) is 9.13. The number of aryl methyl sites for hydroxylation is 1. The number of hydrogen-bond acceptors (Lipinski definition) is 3. The van der Waals surface area contributed by atoms with E-state index in [1.807, 2.05) is 24.3 Å². The van der Waals surface area contributed by atoms with Crippen LogP contribution in [-0.2, 0) is 16.4 Å². The quantitative estimate of drug-likeness (QED) is 0.846. The first-order valence-electron chi connectivity index (χ1n) is 7.65. The molecule has 0 amide bonds. The predicted octanol–water partition coefficient (Wildman–Crippen LogP) is 2.86. The molecule has 8 heteroatoms. The van der Waals surface area contributed by atoms with Crippen LogP contribution in [-0.4, -0.2) is 21.5 Å². The second-order valence-corrected chi connectivity index (χ2v) is 7.57. The Labute approximate surface area is 152 Å². The third kappa shape index (κ3) is 4.17. The smallest absolute Gasteiger partial charge is 0.243 e. The molecule has 2 aromatic carbocycles. The van der Waals surface area contributed by atoms with Crippen LogP contribution in [0.2, 0.25) is 0 Å². The summed E-state index contributed by atoms with van der Waals surface area (Å²) in [7, 11) is -4.06. The van der Waals surface area contributed by atoms with Gasteiger partial charge in [-0.1, -0.05) is 24.3 Å². The molecule has 2 aromatic rings. The van der Waals surface area contributed by atoms with Gasteiger partial charge in [0, 0.05) is 18.7 Å². The van der Waals surface area contributed by atoms with E-state index < -0.39 is 26.6 Å². The maximum absolute atomic E-state index is 13.9. The van der Waals surface area contributed by atoms with Gasteiger partial charge in [-0.3, -0.25) is 0 Å². The van der Waals surface area contributed by atoms with Gasteiger partial charge in [0.15, 0.2) is 0 Å². The SMILES string of the molecule is Cc1cc(S(=O)(=O)NCC2NCCc3ccccc32)c(F)cc1F.Cl. The van der Waals surface area contributed by atoms with Gasteiger partial charge in [0.2, 0.25) is 10.0 Å². The molecule has 0 bridgehead atoms. The van der Waals surface area contributed by atoms with Gasteiger partial charge in [0.05, 0.1) is 0 Å². The van der Waals surface area contributed by atoms with Crippen molar-refractivity contribution < 1.29 is 17.2 Å². The van der Waals surface area contributed by atoms with Gasteiger partial charge < -0.3 is 5.32 Å². The molecule has 4 nitrogen and oxygen atoms in total. The minimum atomic E-state index is -4.06. The zero-order chi connectivity index (χ0) is 17.3. The molecule has 25 heavy (non-hydrogen) atoms. The minimum Gasteiger partial charge on any atom is -0.308 e. The maximum Gasteiger partial charge on any atom is 0.243 e. The van der Waals surface area contributed by atoms with Crippen LogP contribution in [0, 0.1) is 18.6 Å². The lowest BCUT2D eigenvalue weighted by molar-refractivity contribution is 0.488. The highest BCUT2D eigenvalue weighted by atomic mass is 35.5. The summed E-state index contributed by atoms with van der Waals surface area (Å²) in [6, 6.07) is 9.23. The van der Waals surface area contributed by atoms with E-state index >= 15 is 0 Å². The second kappa shape index (κ2) is 7.78. The lowest BCUT2D eigenvalue weighted by Crippen LogP contribution is -2.39. The van der Waals surface area contributed by atoms with E-state index in [2.05, 4.69) is 10.0 Å². The molecule has 2 N–H and O–H groups in total. The fraction of sp³-hybridized carbons (Fsp3) is 0.294. The molecule has 3 rings (SSSR count). The summed E-state index contributed by atoms with van der Waals surface area (Å²) >= 11 is 0. The molecule has 1 aliphatic heterocycles. The van der Waals surface area contributed by atoms with Crippen LogP contribution in [0.3, 0.4) is 0 Å². The van der Waals surface area contributed by atoms with E-state index in [1.165, 1.54) is 12.5 Å². The molecule has 0 spiro atoms. The predicted molar refractivity (Wildman–Crippen MR) is 94.4 cm³/mol. The number of nitrogens with one attached hydrogen (secondary N) is 2. The number of rotatable bonds is 4. The van der Waals surface area contributed by atoms with Crippen LogP contribution in [0.15, 0.2) is 41.3 Å². The second-order valence-electron chi connectivity index (χ2n) is 5.84. The van der Waals surface area contributed by atoms with Crippen molar-refractivity contribution in [1.82, 2.24) is 10.0 Å². The molecule has 0 aromatic heterocycles. The lowest BCUT2D eigenvalue weighted by atomic mass is 9.95. The van der Waals surface area contributed by atoms with E-state index in [9.17, 15) is 17.2 Å². The lowest BCUT2D eigenvalue weighted by Gasteiger charge is -2.27. The molecule has 0 aliphatic carbocycles. The Hall–Kier alpha value is -1.54. The van der Waals surface area contributed by atoms with E-state index in [0.717, 1.165) is 24.6 Å². The highest BCUT2D eigenvalue weighted by Crippen LogP contribution is 2.23. The number of sulfonamides is 1. The monoisotopic (exact) mass is 388 g/mol.